The fourth-order valence-corrected chi connectivity index (χ4v) is 2.39. The average molecular weight is 222 g/mol. The fourth-order valence-electron chi connectivity index (χ4n) is 2.39. The van der Waals surface area contributed by atoms with Gasteiger partial charge in [0.25, 0.3) is 5.91 Å². The molecular weight excluding hydrogens is 204 g/mol. The summed E-state index contributed by atoms with van der Waals surface area (Å²) in [5.41, 5.74) is 0.611. The highest BCUT2D eigenvalue weighted by Gasteiger charge is 2.27. The summed E-state index contributed by atoms with van der Waals surface area (Å²) < 4.78 is 0. The van der Waals surface area contributed by atoms with Gasteiger partial charge in [0.1, 0.15) is 5.69 Å². The van der Waals surface area contributed by atoms with E-state index in [1.165, 1.54) is 12.8 Å². The highest BCUT2D eigenvalue weighted by atomic mass is 16.3. The van der Waals surface area contributed by atoms with Crippen molar-refractivity contribution in [3.8, 4) is 0 Å². The molecule has 1 amide bonds. The van der Waals surface area contributed by atoms with Gasteiger partial charge >= 0.3 is 0 Å². The van der Waals surface area contributed by atoms with Crippen LogP contribution in [0.2, 0.25) is 0 Å². The molecule has 1 fully saturated rings. The lowest BCUT2D eigenvalue weighted by atomic mass is 10.2. The molecule has 0 atom stereocenters. The first-order valence-electron chi connectivity index (χ1n) is 5.88. The number of aromatic nitrogens is 1. The van der Waals surface area contributed by atoms with Crippen molar-refractivity contribution >= 4 is 5.91 Å². The van der Waals surface area contributed by atoms with E-state index in [1.807, 2.05) is 6.07 Å². The van der Waals surface area contributed by atoms with Gasteiger partial charge < -0.3 is 15.0 Å². The third kappa shape index (κ3) is 2.27. The number of nitrogens with one attached hydrogen (secondary N) is 1. The number of H-pyrrole nitrogens is 1. The SMILES string of the molecule is O=C(c1ccc[nH]1)N(CCO)C1CCCC1. The van der Waals surface area contributed by atoms with Gasteiger partial charge in [-0.3, -0.25) is 4.79 Å². The Labute approximate surface area is 95.3 Å². The molecule has 1 heterocycles. The van der Waals surface area contributed by atoms with Gasteiger partial charge in [-0.25, -0.2) is 0 Å². The molecule has 0 saturated heterocycles. The minimum Gasteiger partial charge on any atom is -0.395 e. The number of carbonyl (C=O) groups excluding carboxylic acids is 1. The second-order valence-electron chi connectivity index (χ2n) is 4.24. The Morgan fingerprint density at radius 3 is 2.81 bits per heavy atom. The van der Waals surface area contributed by atoms with E-state index < -0.39 is 0 Å². The Bertz CT molecular complexity index is 329. The molecule has 2 rings (SSSR count). The fraction of sp³-hybridized carbons (Fsp3) is 0.583. The predicted octanol–water partition coefficient (Wildman–Crippen LogP) is 1.39. The van der Waals surface area contributed by atoms with E-state index in [2.05, 4.69) is 4.98 Å². The minimum absolute atomic E-state index is 0.00551. The third-order valence-electron chi connectivity index (χ3n) is 3.20. The molecule has 0 unspecified atom stereocenters. The summed E-state index contributed by atoms with van der Waals surface area (Å²) in [6.07, 6.45) is 6.24. The van der Waals surface area contributed by atoms with Crippen LogP contribution in [0.25, 0.3) is 0 Å². The maximum absolute atomic E-state index is 12.2. The molecule has 1 aliphatic carbocycles. The van der Waals surface area contributed by atoms with Crippen LogP contribution < -0.4 is 0 Å². The van der Waals surface area contributed by atoms with E-state index in [-0.39, 0.29) is 12.5 Å². The molecule has 1 aromatic rings. The number of hydrogen-bond donors (Lipinski definition) is 2. The molecule has 0 aliphatic heterocycles. The normalized spacial score (nSPS) is 16.6. The zero-order chi connectivity index (χ0) is 11.4. The smallest absolute Gasteiger partial charge is 0.270 e. The van der Waals surface area contributed by atoms with Crippen molar-refractivity contribution in [1.29, 1.82) is 0 Å². The van der Waals surface area contributed by atoms with Gasteiger partial charge in [-0.1, -0.05) is 12.8 Å². The van der Waals surface area contributed by atoms with Gasteiger partial charge in [0.2, 0.25) is 0 Å². The van der Waals surface area contributed by atoms with Crippen molar-refractivity contribution < 1.29 is 9.90 Å². The lowest BCUT2D eigenvalue weighted by Gasteiger charge is -2.27. The van der Waals surface area contributed by atoms with Crippen LogP contribution >= 0.6 is 0 Å². The summed E-state index contributed by atoms with van der Waals surface area (Å²) in [6.45, 7) is 0.464. The molecule has 0 spiro atoms. The maximum Gasteiger partial charge on any atom is 0.270 e. The summed E-state index contributed by atoms with van der Waals surface area (Å²) in [5.74, 6) is 0.00551. The van der Waals surface area contributed by atoms with E-state index in [0.717, 1.165) is 12.8 Å². The number of aliphatic hydroxyl groups is 1. The van der Waals surface area contributed by atoms with Gasteiger partial charge in [-0.2, -0.15) is 0 Å². The number of aliphatic hydroxyl groups excluding tert-OH is 1. The molecule has 1 saturated carbocycles. The monoisotopic (exact) mass is 222 g/mol. The van der Waals surface area contributed by atoms with Gasteiger partial charge in [0.15, 0.2) is 0 Å². The van der Waals surface area contributed by atoms with Gasteiger partial charge in [0.05, 0.1) is 6.61 Å². The van der Waals surface area contributed by atoms with Crippen LogP contribution in [-0.2, 0) is 0 Å². The lowest BCUT2D eigenvalue weighted by molar-refractivity contribution is 0.0633. The van der Waals surface area contributed by atoms with Crippen molar-refractivity contribution in [3.05, 3.63) is 24.0 Å². The largest absolute Gasteiger partial charge is 0.395 e. The molecule has 2 N–H and O–H groups in total. The van der Waals surface area contributed by atoms with E-state index in [9.17, 15) is 4.79 Å². The number of carbonyl (C=O) groups is 1. The molecule has 1 aromatic heterocycles. The number of rotatable bonds is 4. The summed E-state index contributed by atoms with van der Waals surface area (Å²) in [7, 11) is 0. The van der Waals surface area contributed by atoms with E-state index >= 15 is 0 Å². The summed E-state index contributed by atoms with van der Waals surface area (Å²) >= 11 is 0. The highest BCUT2D eigenvalue weighted by molar-refractivity contribution is 5.92. The van der Waals surface area contributed by atoms with Crippen LogP contribution in [0.15, 0.2) is 18.3 Å². The van der Waals surface area contributed by atoms with Crippen LogP contribution in [0.1, 0.15) is 36.2 Å². The van der Waals surface area contributed by atoms with Crippen LogP contribution in [0.4, 0.5) is 0 Å². The van der Waals surface area contributed by atoms with Crippen LogP contribution in [0.3, 0.4) is 0 Å². The van der Waals surface area contributed by atoms with Crippen LogP contribution in [-0.4, -0.2) is 40.1 Å². The molecule has 4 heteroatoms. The zero-order valence-electron chi connectivity index (χ0n) is 9.35. The molecular formula is C12H18N2O2. The molecule has 0 aromatic carbocycles. The minimum atomic E-state index is 0.00551. The summed E-state index contributed by atoms with van der Waals surface area (Å²) in [5, 5.41) is 9.04. The molecule has 4 nitrogen and oxygen atoms in total. The molecule has 0 radical (unpaired) electrons. The van der Waals surface area contributed by atoms with E-state index in [1.54, 1.807) is 17.2 Å². The topological polar surface area (TPSA) is 56.3 Å². The number of nitrogens with zero attached hydrogens (tertiary/aromatic N) is 1. The maximum atomic E-state index is 12.2. The average Bonchev–Trinajstić information content (AvgIpc) is 2.96. The lowest BCUT2D eigenvalue weighted by Crippen LogP contribution is -2.40. The van der Waals surface area contributed by atoms with Crippen LogP contribution in [0.5, 0.6) is 0 Å². The molecule has 0 bridgehead atoms. The first kappa shape index (κ1) is 11.2. The van der Waals surface area contributed by atoms with Gasteiger partial charge in [-0.05, 0) is 25.0 Å². The van der Waals surface area contributed by atoms with Crippen molar-refractivity contribution in [3.63, 3.8) is 0 Å². The summed E-state index contributed by atoms with van der Waals surface area (Å²) in [4.78, 5) is 16.9. The highest BCUT2D eigenvalue weighted by Crippen LogP contribution is 2.24. The van der Waals surface area contributed by atoms with Crippen molar-refractivity contribution in [2.75, 3.05) is 13.2 Å². The van der Waals surface area contributed by atoms with Crippen molar-refractivity contribution in [1.82, 2.24) is 9.88 Å². The Hall–Kier alpha value is -1.29. The second-order valence-corrected chi connectivity index (χ2v) is 4.24. The molecule has 88 valence electrons. The van der Waals surface area contributed by atoms with Crippen LogP contribution in [0, 0.1) is 0 Å². The predicted molar refractivity (Wildman–Crippen MR) is 61.2 cm³/mol. The van der Waals surface area contributed by atoms with Gasteiger partial charge in [0, 0.05) is 18.8 Å². The Morgan fingerprint density at radius 1 is 1.50 bits per heavy atom. The van der Waals surface area contributed by atoms with Crippen molar-refractivity contribution in [2.45, 2.75) is 31.7 Å². The quantitative estimate of drug-likeness (QED) is 0.809. The summed E-state index contributed by atoms with van der Waals surface area (Å²) in [6, 6.07) is 3.91. The molecule has 1 aliphatic rings. The van der Waals surface area contributed by atoms with Gasteiger partial charge in [-0.15, -0.1) is 0 Å². The number of aromatic amines is 1. The number of amides is 1. The Kier molecular flexibility index (Phi) is 3.62. The van der Waals surface area contributed by atoms with Crippen molar-refractivity contribution in [2.24, 2.45) is 0 Å². The zero-order valence-corrected chi connectivity index (χ0v) is 9.35. The first-order valence-corrected chi connectivity index (χ1v) is 5.88. The standard InChI is InChI=1S/C12H18N2O2/c15-9-8-14(10-4-1-2-5-10)12(16)11-6-3-7-13-11/h3,6-7,10,13,15H,1-2,4-5,8-9H2. The van der Waals surface area contributed by atoms with E-state index in [0.29, 0.717) is 18.3 Å². The number of hydrogen-bond acceptors (Lipinski definition) is 2. The molecule has 16 heavy (non-hydrogen) atoms. The Morgan fingerprint density at radius 2 is 2.25 bits per heavy atom. The second kappa shape index (κ2) is 5.16. The third-order valence-corrected chi connectivity index (χ3v) is 3.20. The first-order chi connectivity index (χ1) is 7.83. The Balaban J connectivity index is 2.09. The van der Waals surface area contributed by atoms with E-state index in [4.69, 9.17) is 5.11 Å².